The van der Waals surface area contributed by atoms with Crippen molar-refractivity contribution in [3.8, 4) is 0 Å². The van der Waals surface area contributed by atoms with Crippen LogP contribution in [0.1, 0.15) is 40.0 Å². The zero-order valence-electron chi connectivity index (χ0n) is 8.89. The van der Waals surface area contributed by atoms with Gasteiger partial charge in [0, 0.05) is 19.2 Å². The number of methoxy groups -OCH3 is 1. The molecule has 0 bridgehead atoms. The van der Waals surface area contributed by atoms with Gasteiger partial charge in [0.1, 0.15) is 0 Å². The lowest BCUT2D eigenvalue weighted by Crippen LogP contribution is -2.39. The highest BCUT2D eigenvalue weighted by Crippen LogP contribution is 2.00. The Balaban J connectivity index is 3.61. The van der Waals surface area contributed by atoms with E-state index in [1.807, 2.05) is 0 Å². The van der Waals surface area contributed by atoms with Gasteiger partial charge < -0.3 is 10.1 Å². The number of hydrogen-bond donors (Lipinski definition) is 1. The van der Waals surface area contributed by atoms with Gasteiger partial charge in [-0.25, -0.2) is 0 Å². The Morgan fingerprint density at radius 3 is 2.42 bits per heavy atom. The molecule has 74 valence electrons. The van der Waals surface area contributed by atoms with E-state index in [0.717, 1.165) is 6.61 Å². The first-order valence-corrected chi connectivity index (χ1v) is 4.99. The molecule has 0 aromatic rings. The van der Waals surface area contributed by atoms with Gasteiger partial charge in [-0.1, -0.05) is 20.3 Å². The lowest BCUT2D eigenvalue weighted by molar-refractivity contribution is 0.156. The summed E-state index contributed by atoms with van der Waals surface area (Å²) in [6.45, 7) is 7.46. The van der Waals surface area contributed by atoms with Crippen LogP contribution in [0.15, 0.2) is 0 Å². The van der Waals surface area contributed by atoms with Crippen LogP contribution in [-0.4, -0.2) is 25.8 Å². The lowest BCUT2D eigenvalue weighted by atomic mass is 10.1. The lowest BCUT2D eigenvalue weighted by Gasteiger charge is -2.21. The van der Waals surface area contributed by atoms with E-state index in [1.54, 1.807) is 7.11 Å². The van der Waals surface area contributed by atoms with Crippen molar-refractivity contribution in [1.29, 1.82) is 0 Å². The maximum atomic E-state index is 5.14. The molecular weight excluding hydrogens is 150 g/mol. The molecule has 2 heteroatoms. The standard InChI is InChI=1S/C10H23NO/c1-5-7-10(8-12-4)11-9(3)6-2/h9-11H,5-8H2,1-4H3. The second-order valence-corrected chi connectivity index (χ2v) is 3.42. The van der Waals surface area contributed by atoms with Crippen LogP contribution >= 0.6 is 0 Å². The normalized spacial score (nSPS) is 16.0. The van der Waals surface area contributed by atoms with E-state index in [4.69, 9.17) is 4.74 Å². The van der Waals surface area contributed by atoms with E-state index in [9.17, 15) is 0 Å². The minimum Gasteiger partial charge on any atom is -0.383 e. The van der Waals surface area contributed by atoms with Crippen LogP contribution < -0.4 is 5.32 Å². The van der Waals surface area contributed by atoms with Crippen molar-refractivity contribution >= 4 is 0 Å². The molecule has 12 heavy (non-hydrogen) atoms. The van der Waals surface area contributed by atoms with Crippen molar-refractivity contribution in [1.82, 2.24) is 5.32 Å². The third-order valence-corrected chi connectivity index (χ3v) is 2.14. The molecule has 0 amide bonds. The Labute approximate surface area is 76.7 Å². The first-order valence-electron chi connectivity index (χ1n) is 4.99. The van der Waals surface area contributed by atoms with E-state index in [-0.39, 0.29) is 0 Å². The molecule has 0 spiro atoms. The van der Waals surface area contributed by atoms with Gasteiger partial charge in [-0.3, -0.25) is 0 Å². The van der Waals surface area contributed by atoms with Gasteiger partial charge in [-0.2, -0.15) is 0 Å². The summed E-state index contributed by atoms with van der Waals surface area (Å²) in [5.74, 6) is 0. The van der Waals surface area contributed by atoms with Crippen LogP contribution in [0, 0.1) is 0 Å². The fourth-order valence-electron chi connectivity index (χ4n) is 1.28. The summed E-state index contributed by atoms with van der Waals surface area (Å²) in [6.07, 6.45) is 3.61. The molecule has 0 aliphatic heterocycles. The summed E-state index contributed by atoms with van der Waals surface area (Å²) in [5.41, 5.74) is 0. The SMILES string of the molecule is CCCC(COC)NC(C)CC. The van der Waals surface area contributed by atoms with Crippen molar-refractivity contribution in [3.63, 3.8) is 0 Å². The van der Waals surface area contributed by atoms with Crippen LogP contribution in [0.2, 0.25) is 0 Å². The summed E-state index contributed by atoms with van der Waals surface area (Å²) >= 11 is 0. The highest BCUT2D eigenvalue weighted by molar-refractivity contribution is 4.69. The van der Waals surface area contributed by atoms with Crippen molar-refractivity contribution < 1.29 is 4.74 Å². The van der Waals surface area contributed by atoms with E-state index < -0.39 is 0 Å². The summed E-state index contributed by atoms with van der Waals surface area (Å²) in [4.78, 5) is 0. The first kappa shape index (κ1) is 11.9. The predicted octanol–water partition coefficient (Wildman–Crippen LogP) is 2.19. The summed E-state index contributed by atoms with van der Waals surface area (Å²) in [5, 5.41) is 3.54. The average Bonchev–Trinajstić information content (AvgIpc) is 2.05. The number of rotatable bonds is 7. The molecule has 0 fully saturated rings. The van der Waals surface area contributed by atoms with Crippen LogP contribution in [0.25, 0.3) is 0 Å². The van der Waals surface area contributed by atoms with Crippen molar-refractivity contribution in [2.75, 3.05) is 13.7 Å². The van der Waals surface area contributed by atoms with E-state index in [0.29, 0.717) is 12.1 Å². The Morgan fingerprint density at radius 1 is 1.33 bits per heavy atom. The second kappa shape index (κ2) is 7.56. The highest BCUT2D eigenvalue weighted by atomic mass is 16.5. The quantitative estimate of drug-likeness (QED) is 0.637. The molecule has 0 heterocycles. The van der Waals surface area contributed by atoms with Gasteiger partial charge in [0.05, 0.1) is 6.61 Å². The molecule has 1 N–H and O–H groups in total. The minimum absolute atomic E-state index is 0.537. The number of hydrogen-bond acceptors (Lipinski definition) is 2. The monoisotopic (exact) mass is 173 g/mol. The van der Waals surface area contributed by atoms with Crippen LogP contribution in [0.5, 0.6) is 0 Å². The molecule has 2 unspecified atom stereocenters. The van der Waals surface area contributed by atoms with Crippen LogP contribution in [0.3, 0.4) is 0 Å². The summed E-state index contributed by atoms with van der Waals surface area (Å²) in [6, 6.07) is 1.15. The molecule has 2 nitrogen and oxygen atoms in total. The zero-order chi connectivity index (χ0) is 9.40. The van der Waals surface area contributed by atoms with Gasteiger partial charge in [0.25, 0.3) is 0 Å². The molecule has 0 aromatic heterocycles. The van der Waals surface area contributed by atoms with Crippen molar-refractivity contribution in [3.05, 3.63) is 0 Å². The smallest absolute Gasteiger partial charge is 0.0615 e. The number of nitrogens with one attached hydrogen (secondary N) is 1. The Kier molecular flexibility index (Phi) is 7.51. The molecule has 0 aliphatic rings. The molecule has 0 aromatic carbocycles. The summed E-state index contributed by atoms with van der Waals surface area (Å²) < 4.78 is 5.14. The maximum absolute atomic E-state index is 5.14. The molecule has 0 saturated heterocycles. The predicted molar refractivity (Wildman–Crippen MR) is 53.5 cm³/mol. The summed E-state index contributed by atoms with van der Waals surface area (Å²) in [7, 11) is 1.76. The van der Waals surface area contributed by atoms with Gasteiger partial charge in [-0.05, 0) is 19.8 Å². The van der Waals surface area contributed by atoms with E-state index in [2.05, 4.69) is 26.1 Å². The second-order valence-electron chi connectivity index (χ2n) is 3.42. The molecular formula is C10H23NO. The van der Waals surface area contributed by atoms with E-state index >= 15 is 0 Å². The van der Waals surface area contributed by atoms with Crippen molar-refractivity contribution in [2.45, 2.75) is 52.1 Å². The largest absolute Gasteiger partial charge is 0.383 e. The fraction of sp³-hybridized carbons (Fsp3) is 1.00. The van der Waals surface area contributed by atoms with Crippen LogP contribution in [0.4, 0.5) is 0 Å². The molecule has 0 radical (unpaired) electrons. The molecule has 2 atom stereocenters. The Morgan fingerprint density at radius 2 is 2.00 bits per heavy atom. The van der Waals surface area contributed by atoms with Gasteiger partial charge >= 0.3 is 0 Å². The van der Waals surface area contributed by atoms with E-state index in [1.165, 1.54) is 19.3 Å². The van der Waals surface area contributed by atoms with Gasteiger partial charge in [0.15, 0.2) is 0 Å². The fourth-order valence-corrected chi connectivity index (χ4v) is 1.28. The number of ether oxygens (including phenoxy) is 1. The van der Waals surface area contributed by atoms with Crippen molar-refractivity contribution in [2.24, 2.45) is 0 Å². The highest BCUT2D eigenvalue weighted by Gasteiger charge is 2.08. The first-order chi connectivity index (χ1) is 5.74. The third kappa shape index (κ3) is 5.56. The third-order valence-electron chi connectivity index (χ3n) is 2.14. The van der Waals surface area contributed by atoms with Gasteiger partial charge in [-0.15, -0.1) is 0 Å². The average molecular weight is 173 g/mol. The minimum atomic E-state index is 0.537. The molecule has 0 rings (SSSR count). The zero-order valence-corrected chi connectivity index (χ0v) is 8.89. The Hall–Kier alpha value is -0.0800. The topological polar surface area (TPSA) is 21.3 Å². The van der Waals surface area contributed by atoms with Gasteiger partial charge in [0.2, 0.25) is 0 Å². The van der Waals surface area contributed by atoms with Crippen LogP contribution in [-0.2, 0) is 4.74 Å². The Bertz CT molecular complexity index is 89.8. The maximum Gasteiger partial charge on any atom is 0.0615 e. The molecule has 0 saturated carbocycles. The molecule has 0 aliphatic carbocycles.